The molecule has 1 saturated heterocycles. The van der Waals surface area contributed by atoms with Crippen molar-refractivity contribution in [1.82, 2.24) is 15.6 Å². The molecular formula is C29H29ClFN3O6. The lowest BCUT2D eigenvalue weighted by Crippen LogP contribution is -2.29. The number of methoxy groups -OCH3 is 1. The van der Waals surface area contributed by atoms with E-state index in [0.29, 0.717) is 53.8 Å². The quantitative estimate of drug-likeness (QED) is 0.376. The van der Waals surface area contributed by atoms with Crippen LogP contribution >= 0.6 is 11.6 Å². The number of halogens is 2. The number of hydrogen-bond acceptors (Lipinski definition) is 7. The molecular weight excluding hydrogens is 541 g/mol. The topological polar surface area (TPSA) is 119 Å². The van der Waals surface area contributed by atoms with E-state index in [1.807, 2.05) is 13.8 Å². The van der Waals surface area contributed by atoms with E-state index in [9.17, 15) is 19.1 Å². The van der Waals surface area contributed by atoms with E-state index in [1.165, 1.54) is 25.3 Å². The minimum atomic E-state index is -1.15. The summed E-state index contributed by atoms with van der Waals surface area (Å²) in [5.41, 5.74) is 2.07. The molecule has 0 saturated carbocycles. The van der Waals surface area contributed by atoms with E-state index in [-0.39, 0.29) is 28.5 Å². The van der Waals surface area contributed by atoms with E-state index < -0.39 is 23.9 Å². The lowest BCUT2D eigenvalue weighted by molar-refractivity contribution is -0.124. The SMILES string of the molecule is COc1cc(C(=O)NCC(O)c2cc3c(c(-c4ccc(F)c(Cl)c4)n2)OCC3(C)C)ccc1OC1CCNC1=O. The molecule has 210 valence electrons. The molecule has 2 unspecified atom stereocenters. The molecule has 2 atom stereocenters. The van der Waals surface area contributed by atoms with Crippen molar-refractivity contribution >= 4 is 23.4 Å². The Bertz CT molecular complexity index is 1480. The molecule has 3 aromatic rings. The number of pyridine rings is 1. The van der Waals surface area contributed by atoms with E-state index in [0.717, 1.165) is 5.56 Å². The van der Waals surface area contributed by atoms with Crippen molar-refractivity contribution < 1.29 is 33.3 Å². The first kappa shape index (κ1) is 27.7. The maximum Gasteiger partial charge on any atom is 0.261 e. The van der Waals surface area contributed by atoms with E-state index in [2.05, 4.69) is 15.6 Å². The number of ether oxygens (including phenoxy) is 3. The highest BCUT2D eigenvalue weighted by Gasteiger charge is 2.36. The lowest BCUT2D eigenvalue weighted by atomic mass is 9.86. The van der Waals surface area contributed by atoms with Gasteiger partial charge in [-0.1, -0.05) is 25.4 Å². The number of rotatable bonds is 8. The van der Waals surface area contributed by atoms with Crippen molar-refractivity contribution in [1.29, 1.82) is 0 Å². The fourth-order valence-electron chi connectivity index (χ4n) is 4.68. The first-order chi connectivity index (χ1) is 19.1. The maximum atomic E-state index is 13.8. The third-order valence-corrected chi connectivity index (χ3v) is 7.27. The zero-order valence-corrected chi connectivity index (χ0v) is 23.0. The molecule has 1 fully saturated rings. The average molecular weight is 570 g/mol. The van der Waals surface area contributed by atoms with Crippen LogP contribution in [-0.2, 0) is 10.2 Å². The Balaban J connectivity index is 1.34. The Morgan fingerprint density at radius 2 is 2.08 bits per heavy atom. The number of hydrogen-bond donors (Lipinski definition) is 3. The number of nitrogens with one attached hydrogen (secondary N) is 2. The van der Waals surface area contributed by atoms with Gasteiger partial charge in [0.25, 0.3) is 11.8 Å². The third kappa shape index (κ3) is 5.41. The largest absolute Gasteiger partial charge is 0.493 e. The van der Waals surface area contributed by atoms with Crippen molar-refractivity contribution in [2.75, 3.05) is 26.8 Å². The Kier molecular flexibility index (Phi) is 7.57. The van der Waals surface area contributed by atoms with Gasteiger partial charge in [-0.25, -0.2) is 9.37 Å². The second kappa shape index (κ2) is 10.9. The van der Waals surface area contributed by atoms with Crippen LogP contribution in [0.2, 0.25) is 5.02 Å². The van der Waals surface area contributed by atoms with Gasteiger partial charge in [-0.05, 0) is 42.5 Å². The highest BCUT2D eigenvalue weighted by atomic mass is 35.5. The Labute approximate surface area is 235 Å². The fourth-order valence-corrected chi connectivity index (χ4v) is 4.86. The normalized spacial score (nSPS) is 17.9. The molecule has 2 aliphatic rings. The van der Waals surface area contributed by atoms with Crippen LogP contribution in [-0.4, -0.2) is 54.8 Å². The van der Waals surface area contributed by atoms with Crippen LogP contribution < -0.4 is 24.8 Å². The van der Waals surface area contributed by atoms with Crippen molar-refractivity contribution in [3.05, 3.63) is 70.1 Å². The van der Waals surface area contributed by atoms with Crippen LogP contribution in [0.4, 0.5) is 4.39 Å². The summed E-state index contributed by atoms with van der Waals surface area (Å²) >= 11 is 6.02. The van der Waals surface area contributed by atoms with Gasteiger partial charge in [-0.3, -0.25) is 9.59 Å². The summed E-state index contributed by atoms with van der Waals surface area (Å²) in [7, 11) is 1.44. The van der Waals surface area contributed by atoms with Crippen LogP contribution in [0.5, 0.6) is 17.2 Å². The van der Waals surface area contributed by atoms with E-state index >= 15 is 0 Å². The summed E-state index contributed by atoms with van der Waals surface area (Å²) < 4.78 is 30.9. The lowest BCUT2D eigenvalue weighted by Gasteiger charge is -2.19. The predicted molar refractivity (Wildman–Crippen MR) is 145 cm³/mol. The Hall–Kier alpha value is -3.89. The van der Waals surface area contributed by atoms with Gasteiger partial charge in [0.1, 0.15) is 23.4 Å². The average Bonchev–Trinajstić information content (AvgIpc) is 3.49. The third-order valence-electron chi connectivity index (χ3n) is 6.98. The Morgan fingerprint density at radius 1 is 1.27 bits per heavy atom. The standard InChI is InChI=1S/C29H29ClFN3O6/c1-29(2)14-39-26-17(29)12-20(34-25(26)15-4-6-19(31)18(30)10-15)21(35)13-33-27(36)16-5-7-22(24(11-16)38-3)40-23-8-9-32-28(23)37/h4-7,10-12,21,23,35H,8-9,13-14H2,1-3H3,(H,32,37)(H,33,36). The van der Waals surface area contributed by atoms with Gasteiger partial charge in [-0.15, -0.1) is 0 Å². The van der Waals surface area contributed by atoms with Gasteiger partial charge in [0.15, 0.2) is 17.6 Å². The molecule has 1 aromatic heterocycles. The summed E-state index contributed by atoms with van der Waals surface area (Å²) in [6.07, 6.45) is -1.22. The molecule has 0 radical (unpaired) electrons. The van der Waals surface area contributed by atoms with Crippen molar-refractivity contribution in [3.63, 3.8) is 0 Å². The van der Waals surface area contributed by atoms with Gasteiger partial charge >= 0.3 is 0 Å². The molecule has 2 amide bonds. The van der Waals surface area contributed by atoms with Crippen LogP contribution in [0.15, 0.2) is 42.5 Å². The molecule has 5 rings (SSSR count). The first-order valence-electron chi connectivity index (χ1n) is 12.8. The maximum absolute atomic E-state index is 13.8. The molecule has 0 bridgehead atoms. The van der Waals surface area contributed by atoms with Gasteiger partial charge < -0.3 is 30.0 Å². The fraction of sp³-hybridized carbons (Fsp3) is 0.345. The molecule has 3 heterocycles. The number of nitrogens with zero attached hydrogens (tertiary/aromatic N) is 1. The second-order valence-electron chi connectivity index (χ2n) is 10.4. The zero-order valence-electron chi connectivity index (χ0n) is 22.2. The number of fused-ring (bicyclic) bond motifs is 1. The monoisotopic (exact) mass is 569 g/mol. The number of aliphatic hydroxyl groups is 1. The molecule has 0 spiro atoms. The van der Waals surface area contributed by atoms with Crippen LogP contribution in [0.3, 0.4) is 0 Å². The van der Waals surface area contributed by atoms with Crippen molar-refractivity contribution in [2.24, 2.45) is 0 Å². The van der Waals surface area contributed by atoms with E-state index in [4.69, 9.17) is 25.8 Å². The predicted octanol–water partition coefficient (Wildman–Crippen LogP) is 3.95. The summed E-state index contributed by atoms with van der Waals surface area (Å²) in [6.45, 7) is 4.85. The molecule has 2 aromatic carbocycles. The van der Waals surface area contributed by atoms with Gasteiger partial charge in [0, 0.05) is 41.6 Å². The molecule has 2 aliphatic heterocycles. The molecule has 0 aliphatic carbocycles. The summed E-state index contributed by atoms with van der Waals surface area (Å²) in [5.74, 6) is 0.0101. The van der Waals surface area contributed by atoms with Gasteiger partial charge in [0.05, 0.1) is 24.4 Å². The van der Waals surface area contributed by atoms with Crippen LogP contribution in [0, 0.1) is 5.82 Å². The van der Waals surface area contributed by atoms with Gasteiger partial charge in [0.2, 0.25) is 0 Å². The summed E-state index contributed by atoms with van der Waals surface area (Å²) in [5, 5.41) is 16.4. The van der Waals surface area contributed by atoms with Crippen molar-refractivity contribution in [2.45, 2.75) is 37.9 Å². The molecule has 11 heteroatoms. The molecule has 3 N–H and O–H groups in total. The number of aliphatic hydroxyl groups excluding tert-OH is 1. The molecule has 40 heavy (non-hydrogen) atoms. The van der Waals surface area contributed by atoms with E-state index in [1.54, 1.807) is 24.3 Å². The van der Waals surface area contributed by atoms with Crippen LogP contribution in [0.25, 0.3) is 11.3 Å². The van der Waals surface area contributed by atoms with Crippen molar-refractivity contribution in [3.8, 4) is 28.5 Å². The highest BCUT2D eigenvalue weighted by molar-refractivity contribution is 6.31. The zero-order chi connectivity index (χ0) is 28.6. The molecule has 9 nitrogen and oxygen atoms in total. The number of carbonyl (C=O) groups is 2. The number of aromatic nitrogens is 1. The van der Waals surface area contributed by atoms with Crippen LogP contribution in [0.1, 0.15) is 48.0 Å². The van der Waals surface area contributed by atoms with Gasteiger partial charge in [-0.2, -0.15) is 0 Å². The number of carbonyl (C=O) groups excluding carboxylic acids is 2. The minimum absolute atomic E-state index is 0.0538. The highest BCUT2D eigenvalue weighted by Crippen LogP contribution is 2.45. The minimum Gasteiger partial charge on any atom is -0.493 e. The second-order valence-corrected chi connectivity index (χ2v) is 10.8. The number of amides is 2. The summed E-state index contributed by atoms with van der Waals surface area (Å²) in [4.78, 5) is 29.4. The smallest absolute Gasteiger partial charge is 0.261 e. The summed E-state index contributed by atoms with van der Waals surface area (Å²) in [6, 6.07) is 10.7. The number of benzene rings is 2. The Morgan fingerprint density at radius 3 is 2.77 bits per heavy atom. The first-order valence-corrected chi connectivity index (χ1v) is 13.2.